The van der Waals surface area contributed by atoms with Crippen LogP contribution in [0.15, 0.2) is 48.8 Å². The van der Waals surface area contributed by atoms with Crippen molar-refractivity contribution in [2.75, 3.05) is 13.2 Å². The first-order chi connectivity index (χ1) is 9.79. The molecule has 0 saturated carbocycles. The molecule has 1 N–H and O–H groups in total. The zero-order valence-electron chi connectivity index (χ0n) is 12.2. The van der Waals surface area contributed by atoms with Gasteiger partial charge in [-0.05, 0) is 56.1 Å². The summed E-state index contributed by atoms with van der Waals surface area (Å²) in [7, 11) is 0. The van der Waals surface area contributed by atoms with Crippen LogP contribution >= 0.6 is 0 Å². The lowest BCUT2D eigenvalue weighted by Crippen LogP contribution is -2.21. The smallest absolute Gasteiger partial charge is 0.119 e. The van der Waals surface area contributed by atoms with Crippen molar-refractivity contribution in [2.24, 2.45) is 0 Å². The highest BCUT2D eigenvalue weighted by Crippen LogP contribution is 2.17. The summed E-state index contributed by atoms with van der Waals surface area (Å²) < 4.78 is 5.45. The van der Waals surface area contributed by atoms with Gasteiger partial charge in [0.25, 0.3) is 0 Å². The zero-order chi connectivity index (χ0) is 14.2. The van der Waals surface area contributed by atoms with Crippen LogP contribution in [0.2, 0.25) is 0 Å². The van der Waals surface area contributed by atoms with E-state index in [4.69, 9.17) is 4.74 Å². The summed E-state index contributed by atoms with van der Waals surface area (Å²) in [6, 6.07) is 12.7. The third-order valence-electron chi connectivity index (χ3n) is 3.28. The summed E-state index contributed by atoms with van der Waals surface area (Å²) in [5.74, 6) is 0.929. The van der Waals surface area contributed by atoms with E-state index in [0.717, 1.165) is 18.7 Å². The molecule has 3 nitrogen and oxygen atoms in total. The van der Waals surface area contributed by atoms with Gasteiger partial charge in [0.2, 0.25) is 0 Å². The van der Waals surface area contributed by atoms with Crippen LogP contribution in [-0.4, -0.2) is 18.1 Å². The van der Waals surface area contributed by atoms with Crippen LogP contribution < -0.4 is 10.1 Å². The fourth-order valence-electron chi connectivity index (χ4n) is 2.12. The average Bonchev–Trinajstić information content (AvgIpc) is 2.49. The molecule has 0 aliphatic rings. The molecular weight excluding hydrogens is 248 g/mol. The van der Waals surface area contributed by atoms with Gasteiger partial charge in [0.05, 0.1) is 6.61 Å². The first-order valence-corrected chi connectivity index (χ1v) is 7.14. The molecular formula is C17H22N2O. The third-order valence-corrected chi connectivity index (χ3v) is 3.28. The Balaban J connectivity index is 1.80. The van der Waals surface area contributed by atoms with E-state index in [2.05, 4.69) is 35.4 Å². The predicted molar refractivity (Wildman–Crippen MR) is 82.0 cm³/mol. The molecule has 2 rings (SSSR count). The lowest BCUT2D eigenvalue weighted by atomic mass is 10.1. The molecule has 106 valence electrons. The van der Waals surface area contributed by atoms with Gasteiger partial charge in [-0.1, -0.05) is 18.2 Å². The van der Waals surface area contributed by atoms with Crippen molar-refractivity contribution in [3.63, 3.8) is 0 Å². The lowest BCUT2D eigenvalue weighted by Gasteiger charge is -2.14. The van der Waals surface area contributed by atoms with Crippen molar-refractivity contribution in [2.45, 2.75) is 26.3 Å². The van der Waals surface area contributed by atoms with Gasteiger partial charge in [-0.2, -0.15) is 0 Å². The number of pyridine rings is 1. The van der Waals surface area contributed by atoms with Gasteiger partial charge in [-0.15, -0.1) is 0 Å². The van der Waals surface area contributed by atoms with E-state index in [9.17, 15) is 0 Å². The first kappa shape index (κ1) is 14.5. The minimum atomic E-state index is 0.336. The predicted octanol–water partition coefficient (Wildman–Crippen LogP) is 3.37. The second kappa shape index (κ2) is 7.65. The Morgan fingerprint density at radius 3 is 2.65 bits per heavy atom. The number of hydrogen-bond acceptors (Lipinski definition) is 3. The molecule has 0 aliphatic carbocycles. The molecule has 20 heavy (non-hydrogen) atoms. The van der Waals surface area contributed by atoms with Crippen molar-refractivity contribution in [3.05, 3.63) is 59.9 Å². The van der Waals surface area contributed by atoms with E-state index >= 15 is 0 Å². The monoisotopic (exact) mass is 270 g/mol. The minimum absolute atomic E-state index is 0.336. The minimum Gasteiger partial charge on any atom is -0.494 e. The Labute approximate surface area is 121 Å². The number of nitrogens with zero attached hydrogens (tertiary/aromatic N) is 1. The number of ether oxygens (including phenoxy) is 1. The van der Waals surface area contributed by atoms with Crippen LogP contribution in [0, 0.1) is 0 Å². The summed E-state index contributed by atoms with van der Waals surface area (Å²) in [5.41, 5.74) is 2.54. The zero-order valence-corrected chi connectivity index (χ0v) is 12.2. The standard InChI is InChI=1S/C17H22N2O/c1-3-20-17-8-6-16(7-9-17)14(2)19-12-10-15-5-4-11-18-13-15/h4-9,11,13-14,19H,3,10,12H2,1-2H3. The Bertz CT molecular complexity index is 496. The molecule has 1 heterocycles. The highest BCUT2D eigenvalue weighted by Gasteiger charge is 2.04. The second-order valence-electron chi connectivity index (χ2n) is 4.79. The maximum Gasteiger partial charge on any atom is 0.119 e. The number of nitrogens with one attached hydrogen (secondary N) is 1. The largest absolute Gasteiger partial charge is 0.494 e. The maximum absolute atomic E-state index is 5.45. The molecule has 0 fully saturated rings. The molecule has 0 amide bonds. The molecule has 1 atom stereocenters. The van der Waals surface area contributed by atoms with E-state index in [-0.39, 0.29) is 0 Å². The molecule has 0 radical (unpaired) electrons. The van der Waals surface area contributed by atoms with Crippen molar-refractivity contribution in [1.29, 1.82) is 0 Å². The Morgan fingerprint density at radius 2 is 2.00 bits per heavy atom. The molecule has 0 aliphatic heterocycles. The second-order valence-corrected chi connectivity index (χ2v) is 4.79. The van der Waals surface area contributed by atoms with Gasteiger partial charge in [0.1, 0.15) is 5.75 Å². The van der Waals surface area contributed by atoms with E-state index in [1.54, 1.807) is 6.20 Å². The Hall–Kier alpha value is -1.87. The van der Waals surface area contributed by atoms with Gasteiger partial charge in [0, 0.05) is 18.4 Å². The van der Waals surface area contributed by atoms with Crippen molar-refractivity contribution >= 4 is 0 Å². The molecule has 2 aromatic rings. The molecule has 1 unspecified atom stereocenters. The van der Waals surface area contributed by atoms with E-state index in [0.29, 0.717) is 12.6 Å². The topological polar surface area (TPSA) is 34.1 Å². The van der Waals surface area contributed by atoms with Gasteiger partial charge >= 0.3 is 0 Å². The fraction of sp³-hybridized carbons (Fsp3) is 0.353. The third kappa shape index (κ3) is 4.35. The SMILES string of the molecule is CCOc1ccc(C(C)NCCc2cccnc2)cc1. The highest BCUT2D eigenvalue weighted by atomic mass is 16.5. The summed E-state index contributed by atoms with van der Waals surface area (Å²) in [6.07, 6.45) is 4.72. The first-order valence-electron chi connectivity index (χ1n) is 7.14. The number of aromatic nitrogens is 1. The Kier molecular flexibility index (Phi) is 5.56. The van der Waals surface area contributed by atoms with Crippen LogP contribution in [0.1, 0.15) is 31.0 Å². The molecule has 1 aromatic heterocycles. The average molecular weight is 270 g/mol. The van der Waals surface area contributed by atoms with Crippen LogP contribution in [0.4, 0.5) is 0 Å². The summed E-state index contributed by atoms with van der Waals surface area (Å²) in [6.45, 7) is 5.83. The molecule has 0 saturated heterocycles. The Morgan fingerprint density at radius 1 is 1.20 bits per heavy atom. The maximum atomic E-state index is 5.45. The van der Waals surface area contributed by atoms with Gasteiger partial charge in [-0.3, -0.25) is 4.98 Å². The van der Waals surface area contributed by atoms with E-state index in [1.165, 1.54) is 11.1 Å². The summed E-state index contributed by atoms with van der Waals surface area (Å²) in [5, 5.41) is 3.53. The normalized spacial score (nSPS) is 12.1. The van der Waals surface area contributed by atoms with Crippen molar-refractivity contribution in [3.8, 4) is 5.75 Å². The quantitative estimate of drug-likeness (QED) is 0.837. The van der Waals surface area contributed by atoms with E-state index in [1.807, 2.05) is 31.3 Å². The van der Waals surface area contributed by atoms with Crippen LogP contribution in [0.5, 0.6) is 5.75 Å². The van der Waals surface area contributed by atoms with Gasteiger partial charge in [0.15, 0.2) is 0 Å². The van der Waals surface area contributed by atoms with Gasteiger partial charge < -0.3 is 10.1 Å². The molecule has 3 heteroatoms. The number of hydrogen-bond donors (Lipinski definition) is 1. The summed E-state index contributed by atoms with van der Waals surface area (Å²) >= 11 is 0. The van der Waals surface area contributed by atoms with E-state index < -0.39 is 0 Å². The van der Waals surface area contributed by atoms with Gasteiger partial charge in [-0.25, -0.2) is 0 Å². The number of rotatable bonds is 7. The van der Waals surface area contributed by atoms with Crippen molar-refractivity contribution < 1.29 is 4.74 Å². The molecule has 0 spiro atoms. The van der Waals surface area contributed by atoms with Crippen LogP contribution in [0.25, 0.3) is 0 Å². The van der Waals surface area contributed by atoms with Crippen molar-refractivity contribution in [1.82, 2.24) is 10.3 Å². The van der Waals surface area contributed by atoms with Crippen LogP contribution in [0.3, 0.4) is 0 Å². The highest BCUT2D eigenvalue weighted by molar-refractivity contribution is 5.28. The number of benzene rings is 1. The van der Waals surface area contributed by atoms with Crippen LogP contribution in [-0.2, 0) is 6.42 Å². The fourth-order valence-corrected chi connectivity index (χ4v) is 2.12. The molecule has 0 bridgehead atoms. The molecule has 1 aromatic carbocycles. The summed E-state index contributed by atoms with van der Waals surface area (Å²) in [4.78, 5) is 4.13. The lowest BCUT2D eigenvalue weighted by molar-refractivity contribution is 0.340.